The highest BCUT2D eigenvalue weighted by atomic mass is 35.5. The predicted octanol–water partition coefficient (Wildman–Crippen LogP) is 5.39. The third-order valence-electron chi connectivity index (χ3n) is 5.98. The van der Waals surface area contributed by atoms with Crippen molar-refractivity contribution in [1.29, 1.82) is 0 Å². The summed E-state index contributed by atoms with van der Waals surface area (Å²) in [5.41, 5.74) is -1.47. The Morgan fingerprint density at radius 2 is 1.86 bits per heavy atom. The maximum atomic E-state index is 14.0. The minimum Gasteiger partial charge on any atom is -0.444 e. The molecule has 2 atom stereocenters. The zero-order valence-corrected chi connectivity index (χ0v) is 20.6. The molecule has 36 heavy (non-hydrogen) atoms. The van der Waals surface area contributed by atoms with Crippen molar-refractivity contribution in [2.24, 2.45) is 0 Å². The number of hydrogen-bond donors (Lipinski definition) is 0. The second kappa shape index (κ2) is 8.81. The summed E-state index contributed by atoms with van der Waals surface area (Å²) in [4.78, 5) is 24.7. The second-order valence-electron chi connectivity index (χ2n) is 9.81. The fourth-order valence-corrected chi connectivity index (χ4v) is 4.89. The third-order valence-corrected chi connectivity index (χ3v) is 6.27. The van der Waals surface area contributed by atoms with Crippen LogP contribution in [-0.2, 0) is 15.7 Å². The van der Waals surface area contributed by atoms with Crippen LogP contribution in [-0.4, -0.2) is 64.9 Å². The number of fused-ring (bicyclic) bond motifs is 3. The molecule has 2 aliphatic heterocycles. The highest BCUT2D eigenvalue weighted by Crippen LogP contribution is 2.44. The van der Waals surface area contributed by atoms with Gasteiger partial charge < -0.3 is 18.8 Å². The average Bonchev–Trinajstić information content (AvgIpc) is 3.20. The molecule has 1 amide bonds. The summed E-state index contributed by atoms with van der Waals surface area (Å²) >= 11 is 6.10. The monoisotopic (exact) mass is 524 g/mol. The van der Waals surface area contributed by atoms with E-state index in [0.717, 1.165) is 0 Å². The van der Waals surface area contributed by atoms with Crippen molar-refractivity contribution in [1.82, 2.24) is 14.9 Å². The molecule has 0 spiro atoms. The van der Waals surface area contributed by atoms with Gasteiger partial charge >= 0.3 is 12.3 Å². The number of halogens is 4. The van der Waals surface area contributed by atoms with Crippen LogP contribution in [0, 0.1) is 0 Å². The molecule has 4 heterocycles. The Hall–Kier alpha value is -3.05. The fourth-order valence-electron chi connectivity index (χ4n) is 4.59. The van der Waals surface area contributed by atoms with Gasteiger partial charge in [-0.15, -0.1) is 0 Å². The van der Waals surface area contributed by atoms with Crippen molar-refractivity contribution in [2.75, 3.05) is 31.2 Å². The van der Waals surface area contributed by atoms with Crippen LogP contribution >= 0.6 is 11.6 Å². The van der Waals surface area contributed by atoms with E-state index in [0.29, 0.717) is 11.3 Å². The third kappa shape index (κ3) is 4.57. The Labute approximate surface area is 209 Å². The van der Waals surface area contributed by atoms with Crippen molar-refractivity contribution in [3.63, 3.8) is 0 Å². The largest absolute Gasteiger partial charge is 0.444 e. The predicted molar refractivity (Wildman–Crippen MR) is 126 cm³/mol. The van der Waals surface area contributed by atoms with E-state index in [-0.39, 0.29) is 55.5 Å². The Bertz CT molecular complexity index is 1280. The zero-order chi connectivity index (χ0) is 25.8. The molecular weight excluding hydrogens is 501 g/mol. The lowest BCUT2D eigenvalue weighted by molar-refractivity contribution is -0.136. The van der Waals surface area contributed by atoms with E-state index in [4.69, 9.17) is 25.5 Å². The second-order valence-corrected chi connectivity index (χ2v) is 10.2. The van der Waals surface area contributed by atoms with Gasteiger partial charge in [-0.2, -0.15) is 18.2 Å². The molecule has 2 saturated heterocycles. The van der Waals surface area contributed by atoms with Crippen LogP contribution in [0.25, 0.3) is 22.4 Å². The zero-order valence-electron chi connectivity index (χ0n) is 19.8. The van der Waals surface area contributed by atoms with Gasteiger partial charge in [0, 0.05) is 24.8 Å². The number of carbonyl (C=O) groups excluding carboxylic acids is 1. The van der Waals surface area contributed by atoms with Crippen LogP contribution in [0.5, 0.6) is 0 Å². The van der Waals surface area contributed by atoms with Gasteiger partial charge in [0.05, 0.1) is 36.0 Å². The highest BCUT2D eigenvalue weighted by molar-refractivity contribution is 6.33. The lowest BCUT2D eigenvalue weighted by Gasteiger charge is -2.48. The average molecular weight is 525 g/mol. The number of rotatable bonds is 2. The number of pyridine rings is 1. The molecule has 0 aliphatic carbocycles. The van der Waals surface area contributed by atoms with E-state index in [1.54, 1.807) is 48.8 Å². The summed E-state index contributed by atoms with van der Waals surface area (Å²) in [6.07, 6.45) is -3.67. The van der Waals surface area contributed by atoms with Gasteiger partial charge in [-0.25, -0.2) is 4.79 Å². The van der Waals surface area contributed by atoms with Crippen molar-refractivity contribution in [3.8, 4) is 11.3 Å². The van der Waals surface area contributed by atoms with Crippen molar-refractivity contribution < 1.29 is 31.9 Å². The summed E-state index contributed by atoms with van der Waals surface area (Å²) in [5, 5.41) is -0.490. The van der Waals surface area contributed by atoms with E-state index in [2.05, 4.69) is 9.97 Å². The molecular formula is C24H24ClF3N4O4. The number of hydrogen-bond acceptors (Lipinski definition) is 7. The number of oxazole rings is 1. The molecule has 12 heteroatoms. The Kier molecular flexibility index (Phi) is 6.03. The number of anilines is 1. The number of benzene rings is 1. The van der Waals surface area contributed by atoms with Gasteiger partial charge in [-0.3, -0.25) is 9.88 Å². The smallest absolute Gasteiger partial charge is 0.420 e. The fraction of sp³-hybridized carbons (Fsp3) is 0.458. The van der Waals surface area contributed by atoms with Crippen LogP contribution < -0.4 is 4.90 Å². The quantitative estimate of drug-likeness (QED) is 0.445. The first-order chi connectivity index (χ1) is 16.9. The Morgan fingerprint density at radius 3 is 2.44 bits per heavy atom. The van der Waals surface area contributed by atoms with Gasteiger partial charge in [0.1, 0.15) is 16.7 Å². The summed E-state index contributed by atoms with van der Waals surface area (Å²) in [7, 11) is 0. The van der Waals surface area contributed by atoms with Crippen molar-refractivity contribution >= 4 is 34.8 Å². The minimum absolute atomic E-state index is 0.00989. The molecule has 0 saturated carbocycles. The molecule has 1 aromatic carbocycles. The standard InChI is InChI=1S/C24H24ClF3N4O4/c1-23(2,3)36-22(33)32-13-9-31(10-14(32)12-34-11-13)21-30-19-18(24(26,27)28)16(25)8-15(20(19)35-21)17-6-4-5-7-29-17/h4-8,13-14H,9-12H2,1-3H3. The number of morpholine rings is 1. The minimum atomic E-state index is -4.74. The summed E-state index contributed by atoms with van der Waals surface area (Å²) in [6.45, 7) is 6.36. The number of aromatic nitrogens is 2. The molecule has 5 rings (SSSR count). The van der Waals surface area contributed by atoms with Crippen molar-refractivity contribution in [2.45, 2.75) is 44.6 Å². The van der Waals surface area contributed by atoms with E-state index < -0.39 is 28.5 Å². The molecule has 2 fully saturated rings. The highest BCUT2D eigenvalue weighted by Gasteiger charge is 2.45. The topological polar surface area (TPSA) is 80.9 Å². The van der Waals surface area contributed by atoms with E-state index >= 15 is 0 Å². The first-order valence-corrected chi connectivity index (χ1v) is 11.8. The van der Waals surface area contributed by atoms with Crippen LogP contribution in [0.3, 0.4) is 0 Å². The Balaban J connectivity index is 1.55. The number of piperazine rings is 1. The molecule has 0 radical (unpaired) electrons. The number of alkyl halides is 3. The van der Waals surface area contributed by atoms with Gasteiger partial charge in [0.15, 0.2) is 5.58 Å². The van der Waals surface area contributed by atoms with Crippen LogP contribution in [0.4, 0.5) is 24.0 Å². The SMILES string of the molecule is CC(C)(C)OC(=O)N1C2COCC1CN(c1nc3c(C(F)(F)F)c(Cl)cc(-c4ccccn4)c3o1)C2. The molecule has 0 N–H and O–H groups in total. The number of amides is 1. The Morgan fingerprint density at radius 1 is 1.17 bits per heavy atom. The van der Waals surface area contributed by atoms with Crippen LogP contribution in [0.2, 0.25) is 5.02 Å². The maximum Gasteiger partial charge on any atom is 0.420 e. The van der Waals surface area contributed by atoms with Crippen LogP contribution in [0.15, 0.2) is 34.9 Å². The lowest BCUT2D eigenvalue weighted by Crippen LogP contribution is -2.66. The molecule has 3 aromatic rings. The lowest BCUT2D eigenvalue weighted by atomic mass is 10.1. The number of nitrogens with zero attached hydrogens (tertiary/aromatic N) is 4. The van der Waals surface area contributed by atoms with Crippen molar-refractivity contribution in [3.05, 3.63) is 41.0 Å². The van der Waals surface area contributed by atoms with Gasteiger partial charge in [0.25, 0.3) is 6.01 Å². The molecule has 8 nitrogen and oxygen atoms in total. The maximum absolute atomic E-state index is 14.0. The van der Waals surface area contributed by atoms with Gasteiger partial charge in [-0.05, 0) is 39.0 Å². The summed E-state index contributed by atoms with van der Waals surface area (Å²) in [5.74, 6) is 0. The normalized spacial score (nSPS) is 20.6. The molecule has 2 aliphatic rings. The van der Waals surface area contributed by atoms with Gasteiger partial charge in [-0.1, -0.05) is 17.7 Å². The molecule has 2 unspecified atom stereocenters. The molecule has 2 bridgehead atoms. The van der Waals surface area contributed by atoms with Crippen LogP contribution in [0.1, 0.15) is 26.3 Å². The number of ether oxygens (including phenoxy) is 2. The summed E-state index contributed by atoms with van der Waals surface area (Å²) < 4.78 is 59.0. The van der Waals surface area contributed by atoms with E-state index in [1.807, 2.05) is 0 Å². The molecule has 192 valence electrons. The number of carbonyl (C=O) groups is 1. The van der Waals surface area contributed by atoms with E-state index in [1.165, 1.54) is 12.3 Å². The first kappa shape index (κ1) is 24.6. The summed E-state index contributed by atoms with van der Waals surface area (Å²) in [6, 6.07) is 5.51. The van der Waals surface area contributed by atoms with Gasteiger partial charge in [0.2, 0.25) is 0 Å². The molecule has 2 aromatic heterocycles. The van der Waals surface area contributed by atoms with E-state index in [9.17, 15) is 18.0 Å². The first-order valence-electron chi connectivity index (χ1n) is 11.4.